The van der Waals surface area contributed by atoms with E-state index in [0.717, 1.165) is 12.8 Å². The second kappa shape index (κ2) is 8.53. The summed E-state index contributed by atoms with van der Waals surface area (Å²) in [6.45, 7) is 3.34. The van der Waals surface area contributed by atoms with E-state index in [1.807, 2.05) is 4.57 Å². The van der Waals surface area contributed by atoms with Gasteiger partial charge in [0.2, 0.25) is 5.43 Å². The average Bonchev–Trinajstić information content (AvgIpc) is 3.53. The Hall–Kier alpha value is -2.77. The number of carbonyl (C=O) groups excluding carboxylic acids is 1. The van der Waals surface area contributed by atoms with Gasteiger partial charge in [-0.25, -0.2) is 9.18 Å². The van der Waals surface area contributed by atoms with Gasteiger partial charge in [0.25, 0.3) is 0 Å². The molecule has 0 aliphatic heterocycles. The molecule has 1 aliphatic rings. The average molecular weight is 433 g/mol. The number of hydrogen-bond acceptors (Lipinski definition) is 5. The van der Waals surface area contributed by atoms with Gasteiger partial charge in [-0.3, -0.25) is 9.78 Å². The Balaban J connectivity index is 0.00000256. The highest BCUT2D eigenvalue weighted by Gasteiger charge is 2.28. The van der Waals surface area contributed by atoms with E-state index in [1.54, 1.807) is 32.0 Å². The molecule has 6 nitrogen and oxygen atoms in total. The van der Waals surface area contributed by atoms with Gasteiger partial charge in [-0.2, -0.15) is 0 Å². The molecule has 0 bridgehead atoms. The Labute approximate surface area is 178 Å². The summed E-state index contributed by atoms with van der Waals surface area (Å²) in [6, 6.07) is 6.34. The maximum Gasteiger partial charge on any atom is 0.343 e. The summed E-state index contributed by atoms with van der Waals surface area (Å²) in [5.74, 6) is -1.27. The van der Waals surface area contributed by atoms with Gasteiger partial charge in [-0.1, -0.05) is 0 Å². The molecule has 2 heterocycles. The zero-order valence-corrected chi connectivity index (χ0v) is 17.5. The molecule has 0 saturated heterocycles. The molecule has 1 N–H and O–H groups in total. The first-order valence-electron chi connectivity index (χ1n) is 9.57. The van der Waals surface area contributed by atoms with Gasteiger partial charge >= 0.3 is 5.97 Å². The molecule has 4 rings (SSSR count). The van der Waals surface area contributed by atoms with E-state index >= 15 is 4.39 Å². The number of carbonyl (C=O) groups is 1. The lowest BCUT2D eigenvalue weighted by Crippen LogP contribution is -2.21. The van der Waals surface area contributed by atoms with E-state index < -0.39 is 17.2 Å². The lowest BCUT2D eigenvalue weighted by molar-refractivity contribution is 0.0524. The second-order valence-electron chi connectivity index (χ2n) is 7.23. The zero-order valence-electron chi connectivity index (χ0n) is 16.6. The molecule has 0 atom stereocenters. The molecular formula is C22H22ClFN2O4. The van der Waals surface area contributed by atoms with Crippen molar-refractivity contribution >= 4 is 29.3 Å². The molecule has 2 aromatic heterocycles. The Kier molecular flexibility index (Phi) is 6.24. The van der Waals surface area contributed by atoms with Crippen molar-refractivity contribution in [2.75, 3.05) is 6.61 Å². The smallest absolute Gasteiger partial charge is 0.343 e. The SMILES string of the molecule is CCOC(=O)c1cn(C2CC2)c2cc(-c3cc(C)nc(CO)c3)c(F)cc2c1=O.Cl. The molecule has 1 aromatic carbocycles. The molecule has 0 unspecified atom stereocenters. The van der Waals surface area contributed by atoms with Crippen molar-refractivity contribution in [1.82, 2.24) is 9.55 Å². The van der Waals surface area contributed by atoms with Gasteiger partial charge in [-0.05, 0) is 56.5 Å². The third-order valence-corrected chi connectivity index (χ3v) is 5.04. The van der Waals surface area contributed by atoms with Crippen molar-refractivity contribution in [1.29, 1.82) is 0 Å². The molecular weight excluding hydrogens is 411 g/mol. The Morgan fingerprint density at radius 3 is 2.67 bits per heavy atom. The van der Waals surface area contributed by atoms with E-state index in [9.17, 15) is 14.7 Å². The number of ether oxygens (including phenoxy) is 1. The first kappa shape index (κ1) is 21.9. The monoisotopic (exact) mass is 432 g/mol. The van der Waals surface area contributed by atoms with Crippen molar-refractivity contribution in [3.63, 3.8) is 0 Å². The van der Waals surface area contributed by atoms with Gasteiger partial charge in [-0.15, -0.1) is 12.4 Å². The maximum absolute atomic E-state index is 15.0. The van der Waals surface area contributed by atoms with Crippen LogP contribution in [-0.2, 0) is 11.3 Å². The Morgan fingerprint density at radius 2 is 2.03 bits per heavy atom. The van der Waals surface area contributed by atoms with Crippen LogP contribution < -0.4 is 5.43 Å². The third kappa shape index (κ3) is 3.95. The van der Waals surface area contributed by atoms with Crippen LogP contribution in [0.25, 0.3) is 22.0 Å². The standard InChI is InChI=1S/C22H21FN2O4.ClH/c1-3-29-22(28)18-10-25(15-4-5-15)20-9-16(19(23)8-17(20)21(18)27)13-6-12(2)24-14(7-13)11-26;/h6-10,15,26H,3-5,11H2,1-2H3;1H. The molecule has 30 heavy (non-hydrogen) atoms. The van der Waals surface area contributed by atoms with Crippen LogP contribution in [0.1, 0.15) is 47.6 Å². The molecule has 1 fully saturated rings. The van der Waals surface area contributed by atoms with Gasteiger partial charge in [0.15, 0.2) is 0 Å². The molecule has 8 heteroatoms. The first-order valence-corrected chi connectivity index (χ1v) is 9.57. The molecule has 3 aromatic rings. The van der Waals surface area contributed by atoms with Crippen molar-refractivity contribution in [2.24, 2.45) is 0 Å². The predicted molar refractivity (Wildman–Crippen MR) is 114 cm³/mol. The van der Waals surface area contributed by atoms with Crippen molar-refractivity contribution in [2.45, 2.75) is 39.3 Å². The number of fused-ring (bicyclic) bond motifs is 1. The number of aliphatic hydroxyl groups is 1. The van der Waals surface area contributed by atoms with E-state index in [-0.39, 0.29) is 42.6 Å². The minimum Gasteiger partial charge on any atom is -0.462 e. The topological polar surface area (TPSA) is 81.4 Å². The van der Waals surface area contributed by atoms with Crippen LogP contribution >= 0.6 is 12.4 Å². The number of aliphatic hydroxyl groups excluding tert-OH is 1. The van der Waals surface area contributed by atoms with Gasteiger partial charge in [0.05, 0.1) is 24.4 Å². The normalized spacial score (nSPS) is 13.2. The minimum atomic E-state index is -0.698. The molecule has 0 spiro atoms. The van der Waals surface area contributed by atoms with E-state index in [1.165, 1.54) is 12.3 Å². The number of halogens is 2. The zero-order chi connectivity index (χ0) is 20.7. The Bertz CT molecular complexity index is 1190. The summed E-state index contributed by atoms with van der Waals surface area (Å²) >= 11 is 0. The van der Waals surface area contributed by atoms with Crippen LogP contribution in [0.2, 0.25) is 0 Å². The summed E-state index contributed by atoms with van der Waals surface area (Å²) in [5.41, 5.74) is 1.94. The summed E-state index contributed by atoms with van der Waals surface area (Å²) in [4.78, 5) is 29.3. The number of aryl methyl sites for hydroxylation is 1. The van der Waals surface area contributed by atoms with Crippen LogP contribution in [0, 0.1) is 12.7 Å². The van der Waals surface area contributed by atoms with Gasteiger partial charge in [0, 0.05) is 28.9 Å². The summed E-state index contributed by atoms with van der Waals surface area (Å²) in [5, 5.41) is 9.57. The number of aromatic nitrogens is 2. The van der Waals surface area contributed by atoms with Gasteiger partial charge < -0.3 is 14.4 Å². The number of pyridine rings is 2. The highest BCUT2D eigenvalue weighted by Crippen LogP contribution is 2.38. The van der Waals surface area contributed by atoms with Crippen LogP contribution in [0.15, 0.2) is 35.3 Å². The lowest BCUT2D eigenvalue weighted by atomic mass is 10.0. The van der Waals surface area contributed by atoms with Crippen LogP contribution in [-0.4, -0.2) is 27.2 Å². The molecule has 0 amide bonds. The maximum atomic E-state index is 15.0. The summed E-state index contributed by atoms with van der Waals surface area (Å²) in [6.07, 6.45) is 3.38. The fourth-order valence-electron chi connectivity index (χ4n) is 3.57. The van der Waals surface area contributed by atoms with Crippen molar-refractivity contribution < 1.29 is 19.0 Å². The van der Waals surface area contributed by atoms with Crippen LogP contribution in [0.3, 0.4) is 0 Å². The summed E-state index contributed by atoms with van der Waals surface area (Å²) < 4.78 is 21.9. The molecule has 0 radical (unpaired) electrons. The number of nitrogens with zero attached hydrogens (tertiary/aromatic N) is 2. The second-order valence-corrected chi connectivity index (χ2v) is 7.23. The Morgan fingerprint density at radius 1 is 1.30 bits per heavy atom. The van der Waals surface area contributed by atoms with E-state index in [4.69, 9.17) is 4.74 Å². The molecule has 1 saturated carbocycles. The van der Waals surface area contributed by atoms with Crippen molar-refractivity contribution in [3.8, 4) is 11.1 Å². The fraction of sp³-hybridized carbons (Fsp3) is 0.318. The summed E-state index contributed by atoms with van der Waals surface area (Å²) in [7, 11) is 0. The highest BCUT2D eigenvalue weighted by molar-refractivity contribution is 5.95. The molecule has 1 aliphatic carbocycles. The number of rotatable bonds is 5. The predicted octanol–water partition coefficient (Wildman–Crippen LogP) is 3.94. The highest BCUT2D eigenvalue weighted by atomic mass is 35.5. The van der Waals surface area contributed by atoms with E-state index in [0.29, 0.717) is 28.0 Å². The largest absolute Gasteiger partial charge is 0.462 e. The fourth-order valence-corrected chi connectivity index (χ4v) is 3.57. The van der Waals surface area contributed by atoms with Crippen LogP contribution in [0.4, 0.5) is 4.39 Å². The number of hydrogen-bond donors (Lipinski definition) is 1. The van der Waals surface area contributed by atoms with Gasteiger partial charge in [0.1, 0.15) is 11.4 Å². The van der Waals surface area contributed by atoms with Crippen molar-refractivity contribution in [3.05, 3.63) is 63.5 Å². The van der Waals surface area contributed by atoms with Crippen LogP contribution in [0.5, 0.6) is 0 Å². The lowest BCUT2D eigenvalue weighted by Gasteiger charge is -2.15. The third-order valence-electron chi connectivity index (χ3n) is 5.04. The molecule has 158 valence electrons. The first-order chi connectivity index (χ1) is 13.9. The number of esters is 1. The van der Waals surface area contributed by atoms with E-state index in [2.05, 4.69) is 4.98 Å². The quantitative estimate of drug-likeness (QED) is 0.617. The number of benzene rings is 1. The minimum absolute atomic E-state index is 0.